The molecule has 0 aromatic carbocycles. The van der Waals surface area contributed by atoms with Gasteiger partial charge in [-0.2, -0.15) is 20.2 Å². The topological polar surface area (TPSA) is 106 Å². The van der Waals surface area contributed by atoms with E-state index in [4.69, 9.17) is 0 Å². The van der Waals surface area contributed by atoms with Crippen LogP contribution in [0.3, 0.4) is 0 Å². The van der Waals surface area contributed by atoms with E-state index in [9.17, 15) is 19.8 Å². The van der Waals surface area contributed by atoms with E-state index in [0.29, 0.717) is 36.1 Å². The van der Waals surface area contributed by atoms with Gasteiger partial charge in [-0.3, -0.25) is 9.59 Å². The quantitative estimate of drug-likeness (QED) is 0.584. The summed E-state index contributed by atoms with van der Waals surface area (Å²) < 4.78 is 0. The molecule has 2 N–H and O–H groups in total. The van der Waals surface area contributed by atoms with Gasteiger partial charge in [0.15, 0.2) is 11.4 Å². The highest BCUT2D eigenvalue weighted by Gasteiger charge is 2.78. The molecule has 8 atom stereocenters. The zero-order valence-electron chi connectivity index (χ0n) is 18.4. The molecule has 0 saturated heterocycles. The van der Waals surface area contributed by atoms with Gasteiger partial charge in [-0.25, -0.2) is 0 Å². The zero-order chi connectivity index (χ0) is 21.8. The molecule has 0 aromatic heterocycles. The average molecular weight is 415 g/mol. The van der Waals surface area contributed by atoms with Crippen LogP contribution < -0.4 is 0 Å². The van der Waals surface area contributed by atoms with E-state index in [1.54, 1.807) is 0 Å². The maximum absolute atomic E-state index is 13.3. The largest absolute Gasteiger partial charge is 0.368 e. The van der Waals surface area contributed by atoms with Gasteiger partial charge < -0.3 is 10.2 Å². The monoisotopic (exact) mass is 414 g/mol. The molecule has 6 rings (SSSR count). The predicted octanol–water partition coefficient (Wildman–Crippen LogP) is 1.38. The Morgan fingerprint density at radius 3 is 1.47 bits per heavy atom. The minimum absolute atomic E-state index is 0.118. The summed E-state index contributed by atoms with van der Waals surface area (Å²) in [4.78, 5) is 26.5. The van der Waals surface area contributed by atoms with Gasteiger partial charge >= 0.3 is 11.8 Å². The van der Waals surface area contributed by atoms with E-state index >= 15 is 0 Å². The highest BCUT2D eigenvalue weighted by atomic mass is 16.3. The summed E-state index contributed by atoms with van der Waals surface area (Å²) in [6.07, 6.45) is 0.839. The van der Waals surface area contributed by atoms with E-state index in [2.05, 4.69) is 37.9 Å². The molecule has 8 nitrogen and oxygen atoms in total. The molecule has 2 amide bonds. The van der Waals surface area contributed by atoms with Crippen LogP contribution in [0.1, 0.15) is 54.4 Å². The zero-order valence-corrected chi connectivity index (χ0v) is 18.4. The summed E-state index contributed by atoms with van der Waals surface area (Å²) in [5.41, 5.74) is -1.29. The first-order valence-electron chi connectivity index (χ1n) is 11.0. The molecular formula is C22H30N4O4. The number of hydrazone groups is 2. The number of rotatable bonds is 0. The van der Waals surface area contributed by atoms with E-state index in [0.717, 1.165) is 10.0 Å². The van der Waals surface area contributed by atoms with Gasteiger partial charge in [0.05, 0.1) is 11.8 Å². The summed E-state index contributed by atoms with van der Waals surface area (Å²) in [6, 6.07) is 0. The lowest BCUT2D eigenvalue weighted by Gasteiger charge is -2.37. The van der Waals surface area contributed by atoms with Crippen molar-refractivity contribution in [2.45, 2.75) is 65.8 Å². The van der Waals surface area contributed by atoms with Crippen LogP contribution in [0.2, 0.25) is 0 Å². The SMILES string of the molecule is CC1=NN(C(=O)C(=O)N2N=C(C)[C@H]3[C@H]4[C@@H](C[C@]32O)C4(C)C)[C@@]2(O)C[C@H]3[C@@H]([C@@H]12)C3(C)C. The Morgan fingerprint density at radius 1 is 0.800 bits per heavy atom. The van der Waals surface area contributed by atoms with Crippen molar-refractivity contribution >= 4 is 23.2 Å². The van der Waals surface area contributed by atoms with Gasteiger partial charge in [0.25, 0.3) is 0 Å². The minimum atomic E-state index is -1.46. The third-order valence-electron chi connectivity index (χ3n) is 9.75. The van der Waals surface area contributed by atoms with Gasteiger partial charge in [-0.1, -0.05) is 27.7 Å². The van der Waals surface area contributed by atoms with Gasteiger partial charge in [-0.15, -0.1) is 0 Å². The second-order valence-electron chi connectivity index (χ2n) is 11.7. The molecule has 0 bridgehead atoms. The maximum atomic E-state index is 13.3. The molecule has 0 aromatic rings. The number of hydrogen-bond acceptors (Lipinski definition) is 6. The van der Waals surface area contributed by atoms with Crippen LogP contribution in [0, 0.1) is 46.3 Å². The predicted molar refractivity (Wildman–Crippen MR) is 108 cm³/mol. The molecule has 4 aliphatic carbocycles. The van der Waals surface area contributed by atoms with Gasteiger partial charge in [0, 0.05) is 24.3 Å². The van der Waals surface area contributed by atoms with Crippen LogP contribution in [-0.2, 0) is 9.59 Å². The average Bonchev–Trinajstić information content (AvgIpc) is 3.07. The van der Waals surface area contributed by atoms with Crippen molar-refractivity contribution in [2.24, 2.45) is 56.5 Å². The minimum Gasteiger partial charge on any atom is -0.368 e. The molecular weight excluding hydrogens is 384 g/mol. The third-order valence-corrected chi connectivity index (χ3v) is 9.75. The van der Waals surface area contributed by atoms with E-state index < -0.39 is 23.3 Å². The fourth-order valence-corrected chi connectivity index (χ4v) is 8.02. The first-order valence-corrected chi connectivity index (χ1v) is 11.0. The normalized spacial score (nSPS) is 50.4. The lowest BCUT2D eigenvalue weighted by molar-refractivity contribution is -0.185. The van der Waals surface area contributed by atoms with Crippen LogP contribution in [0.15, 0.2) is 10.2 Å². The van der Waals surface area contributed by atoms with Crippen LogP contribution >= 0.6 is 0 Å². The number of amides is 2. The summed E-state index contributed by atoms with van der Waals surface area (Å²) >= 11 is 0. The standard InChI is InChI=1S/C22H30N4O4/c1-9-13-15-11(19(15,3)4)7-21(13,29)25(23-9)17(27)18(28)26-22(30)8-12-16(20(12,5)6)14(22)10(2)24-26/h11-16,29-30H,7-8H2,1-6H3/t11-,12+,13+,14-,15-,16+,21+,22-. The van der Waals surface area contributed by atoms with Crippen LogP contribution in [0.25, 0.3) is 0 Å². The van der Waals surface area contributed by atoms with Gasteiger partial charge in [-0.05, 0) is 48.3 Å². The Morgan fingerprint density at radius 2 is 1.13 bits per heavy atom. The molecule has 8 heteroatoms. The second kappa shape index (κ2) is 4.83. The maximum Gasteiger partial charge on any atom is 0.336 e. The number of carbonyl (C=O) groups excluding carboxylic acids is 2. The van der Waals surface area contributed by atoms with Gasteiger partial charge in [0.2, 0.25) is 0 Å². The Hall–Kier alpha value is -1.80. The van der Waals surface area contributed by atoms with Crippen molar-refractivity contribution in [3.05, 3.63) is 0 Å². The molecule has 4 saturated carbocycles. The lowest BCUT2D eigenvalue weighted by Crippen LogP contribution is -2.58. The van der Waals surface area contributed by atoms with Gasteiger partial charge in [0.1, 0.15) is 0 Å². The van der Waals surface area contributed by atoms with Crippen LogP contribution in [0.4, 0.5) is 0 Å². The summed E-state index contributed by atoms with van der Waals surface area (Å²) in [6.45, 7) is 12.3. The van der Waals surface area contributed by atoms with Crippen LogP contribution in [-0.4, -0.2) is 54.9 Å². The number of carbonyl (C=O) groups is 2. The number of hydrogen-bond donors (Lipinski definition) is 2. The van der Waals surface area contributed by atoms with E-state index in [1.807, 2.05) is 13.8 Å². The molecule has 4 fully saturated rings. The summed E-state index contributed by atoms with van der Waals surface area (Å²) in [5, 5.41) is 33.4. The fraction of sp³-hybridized carbons (Fsp3) is 0.818. The van der Waals surface area contributed by atoms with Crippen molar-refractivity contribution in [2.75, 3.05) is 0 Å². The van der Waals surface area contributed by atoms with Crippen molar-refractivity contribution in [3.63, 3.8) is 0 Å². The smallest absolute Gasteiger partial charge is 0.336 e. The Balaban J connectivity index is 1.28. The molecule has 30 heavy (non-hydrogen) atoms. The fourth-order valence-electron chi connectivity index (χ4n) is 8.02. The Kier molecular flexibility index (Phi) is 3.04. The lowest BCUT2D eigenvalue weighted by atomic mass is 9.84. The Labute approximate surface area is 176 Å². The first-order chi connectivity index (χ1) is 13.8. The van der Waals surface area contributed by atoms with Crippen LogP contribution in [0.5, 0.6) is 0 Å². The van der Waals surface area contributed by atoms with Crippen molar-refractivity contribution in [1.82, 2.24) is 10.0 Å². The number of nitrogens with zero attached hydrogens (tertiary/aromatic N) is 4. The molecule has 0 radical (unpaired) electrons. The first kappa shape index (κ1) is 18.9. The molecule has 2 heterocycles. The molecule has 6 aliphatic rings. The highest BCUT2D eigenvalue weighted by molar-refractivity contribution is 6.35. The van der Waals surface area contributed by atoms with Crippen molar-refractivity contribution in [1.29, 1.82) is 0 Å². The molecule has 2 aliphatic heterocycles. The number of aliphatic hydroxyl groups is 2. The molecule has 0 spiro atoms. The second-order valence-corrected chi connectivity index (χ2v) is 11.7. The summed E-state index contributed by atoms with van der Waals surface area (Å²) in [5.74, 6) is -1.15. The summed E-state index contributed by atoms with van der Waals surface area (Å²) in [7, 11) is 0. The highest BCUT2D eigenvalue weighted by Crippen LogP contribution is 2.74. The van der Waals surface area contributed by atoms with E-state index in [-0.39, 0.29) is 34.5 Å². The van der Waals surface area contributed by atoms with Crippen molar-refractivity contribution < 1.29 is 19.8 Å². The van der Waals surface area contributed by atoms with Crippen molar-refractivity contribution in [3.8, 4) is 0 Å². The molecule has 162 valence electrons. The van der Waals surface area contributed by atoms with E-state index in [1.165, 1.54) is 0 Å². The molecule has 0 unspecified atom stereocenters. The Bertz CT molecular complexity index is 908. The third kappa shape index (κ3) is 1.80. The number of fused-ring (bicyclic) bond motifs is 6.